The van der Waals surface area contributed by atoms with Crippen LogP contribution in [0.15, 0.2) is 17.9 Å². The van der Waals surface area contributed by atoms with Gasteiger partial charge in [0.1, 0.15) is 11.2 Å². The van der Waals surface area contributed by atoms with Gasteiger partial charge in [0.25, 0.3) is 5.91 Å². The summed E-state index contributed by atoms with van der Waals surface area (Å²) < 4.78 is 0. The number of thiazole rings is 1. The van der Waals surface area contributed by atoms with E-state index in [0.29, 0.717) is 11.4 Å². The first-order valence-corrected chi connectivity index (χ1v) is 6.00. The monoisotopic (exact) mass is 248 g/mol. The minimum Gasteiger partial charge on any atom is -0.346 e. The van der Waals surface area contributed by atoms with E-state index in [0.717, 1.165) is 17.1 Å². The van der Waals surface area contributed by atoms with Crippen LogP contribution in [0.4, 0.5) is 0 Å². The molecule has 0 atom stereocenters. The number of hydrogen-bond acceptors (Lipinski definition) is 5. The number of nitrogens with zero attached hydrogens (tertiary/aromatic N) is 3. The van der Waals surface area contributed by atoms with Gasteiger partial charge in [-0.3, -0.25) is 4.79 Å². The number of carbonyl (C=O) groups is 1. The highest BCUT2D eigenvalue weighted by molar-refractivity contribution is 7.11. The van der Waals surface area contributed by atoms with Crippen LogP contribution in [0.2, 0.25) is 0 Å². The Labute approximate surface area is 103 Å². The van der Waals surface area contributed by atoms with E-state index in [9.17, 15) is 4.79 Å². The lowest BCUT2D eigenvalue weighted by molar-refractivity contribution is 0.0953. The van der Waals surface area contributed by atoms with Crippen molar-refractivity contribution in [2.75, 3.05) is 0 Å². The van der Waals surface area contributed by atoms with Gasteiger partial charge in [0.2, 0.25) is 0 Å². The van der Waals surface area contributed by atoms with Crippen LogP contribution in [-0.2, 0) is 6.54 Å². The molecule has 0 radical (unpaired) electrons. The Hall–Kier alpha value is -1.82. The molecule has 6 heteroatoms. The highest BCUT2D eigenvalue weighted by Crippen LogP contribution is 2.11. The predicted molar refractivity (Wildman–Crippen MR) is 64.8 cm³/mol. The number of hydrogen-bond donors (Lipinski definition) is 1. The number of amides is 1. The zero-order chi connectivity index (χ0) is 12.3. The van der Waals surface area contributed by atoms with Crippen LogP contribution in [0.3, 0.4) is 0 Å². The van der Waals surface area contributed by atoms with Crippen molar-refractivity contribution in [1.29, 1.82) is 0 Å². The molecular formula is C11H12N4OS. The normalized spacial score (nSPS) is 10.2. The minimum atomic E-state index is -0.110. The smallest absolute Gasteiger partial charge is 0.263 e. The summed E-state index contributed by atoms with van der Waals surface area (Å²) in [6.07, 6.45) is 1.49. The van der Waals surface area contributed by atoms with Gasteiger partial charge < -0.3 is 5.32 Å². The lowest BCUT2D eigenvalue weighted by Gasteiger charge is -2.03. The Morgan fingerprint density at radius 2 is 2.18 bits per heavy atom. The Balaban J connectivity index is 1.99. The van der Waals surface area contributed by atoms with E-state index in [1.165, 1.54) is 17.7 Å². The van der Waals surface area contributed by atoms with Crippen molar-refractivity contribution < 1.29 is 4.79 Å². The third-order valence-electron chi connectivity index (χ3n) is 2.24. The third kappa shape index (κ3) is 2.85. The first kappa shape index (κ1) is 11.7. The summed E-state index contributed by atoms with van der Waals surface area (Å²) in [4.78, 5) is 24.6. The maximum absolute atomic E-state index is 11.8. The zero-order valence-electron chi connectivity index (χ0n) is 9.60. The molecule has 88 valence electrons. The minimum absolute atomic E-state index is 0.110. The fourth-order valence-corrected chi connectivity index (χ4v) is 2.10. The van der Waals surface area contributed by atoms with E-state index in [-0.39, 0.29) is 5.91 Å². The summed E-state index contributed by atoms with van der Waals surface area (Å²) in [5.74, 6) is -0.110. The number of carbonyl (C=O) groups excluding carboxylic acids is 1. The second-order valence-corrected chi connectivity index (χ2v) is 4.46. The average molecular weight is 248 g/mol. The third-order valence-corrected chi connectivity index (χ3v) is 3.17. The molecule has 0 spiro atoms. The first-order chi connectivity index (χ1) is 8.16. The molecule has 0 saturated heterocycles. The van der Waals surface area contributed by atoms with Gasteiger partial charge in [-0.25, -0.2) is 15.0 Å². The van der Waals surface area contributed by atoms with Crippen molar-refractivity contribution in [2.45, 2.75) is 20.4 Å². The topological polar surface area (TPSA) is 67.8 Å². The molecule has 2 aromatic rings. The lowest BCUT2D eigenvalue weighted by Crippen LogP contribution is -2.23. The maximum atomic E-state index is 11.8. The van der Waals surface area contributed by atoms with Gasteiger partial charge in [-0.2, -0.15) is 0 Å². The Bertz CT molecular complexity index is 538. The number of aryl methyl sites for hydroxylation is 2. The number of nitrogens with one attached hydrogen (secondary N) is 1. The highest BCUT2D eigenvalue weighted by Gasteiger charge is 2.11. The standard InChI is InChI=1S/C11H12N4OS/c1-7-3-9(14-5-13-7)4-12-11(16)10-8(2)15-6-17-10/h3,5-6H,4H2,1-2H3,(H,12,16). The van der Waals surface area contributed by atoms with E-state index in [2.05, 4.69) is 20.3 Å². The summed E-state index contributed by atoms with van der Waals surface area (Å²) in [5.41, 5.74) is 4.11. The van der Waals surface area contributed by atoms with Crippen molar-refractivity contribution in [2.24, 2.45) is 0 Å². The van der Waals surface area contributed by atoms with Crippen molar-refractivity contribution >= 4 is 17.2 Å². The molecule has 1 N–H and O–H groups in total. The van der Waals surface area contributed by atoms with Gasteiger partial charge in [-0.05, 0) is 19.9 Å². The molecule has 2 heterocycles. The summed E-state index contributed by atoms with van der Waals surface area (Å²) in [7, 11) is 0. The Morgan fingerprint density at radius 3 is 2.82 bits per heavy atom. The summed E-state index contributed by atoms with van der Waals surface area (Å²) in [6.45, 7) is 4.11. The second kappa shape index (κ2) is 5.01. The van der Waals surface area contributed by atoms with E-state index >= 15 is 0 Å². The predicted octanol–water partition coefficient (Wildman–Crippen LogP) is 1.48. The van der Waals surface area contributed by atoms with Crippen LogP contribution in [0.1, 0.15) is 26.8 Å². The van der Waals surface area contributed by atoms with Crippen LogP contribution in [0.25, 0.3) is 0 Å². The number of rotatable bonds is 3. The molecule has 2 rings (SSSR count). The van der Waals surface area contributed by atoms with Crippen molar-refractivity contribution in [3.63, 3.8) is 0 Å². The van der Waals surface area contributed by atoms with Gasteiger partial charge in [0.05, 0.1) is 23.4 Å². The molecule has 0 aliphatic rings. The molecule has 0 unspecified atom stereocenters. The van der Waals surface area contributed by atoms with E-state index in [1.807, 2.05) is 19.9 Å². The fourth-order valence-electron chi connectivity index (χ4n) is 1.38. The SMILES string of the molecule is Cc1cc(CNC(=O)c2scnc2C)ncn1. The molecule has 2 aromatic heterocycles. The van der Waals surface area contributed by atoms with Crippen molar-refractivity contribution in [3.8, 4) is 0 Å². The molecule has 5 nitrogen and oxygen atoms in total. The number of aromatic nitrogens is 3. The summed E-state index contributed by atoms with van der Waals surface area (Å²) >= 11 is 1.34. The van der Waals surface area contributed by atoms with Gasteiger partial charge in [-0.1, -0.05) is 0 Å². The first-order valence-electron chi connectivity index (χ1n) is 5.12. The van der Waals surface area contributed by atoms with Crippen LogP contribution < -0.4 is 5.32 Å². The molecule has 0 fully saturated rings. The van der Waals surface area contributed by atoms with Gasteiger partial charge >= 0.3 is 0 Å². The molecule has 0 aliphatic heterocycles. The zero-order valence-corrected chi connectivity index (χ0v) is 10.4. The molecule has 0 bridgehead atoms. The quantitative estimate of drug-likeness (QED) is 0.893. The maximum Gasteiger partial charge on any atom is 0.263 e. The summed E-state index contributed by atoms with van der Waals surface area (Å²) in [6, 6.07) is 1.85. The van der Waals surface area contributed by atoms with Crippen LogP contribution >= 0.6 is 11.3 Å². The molecular weight excluding hydrogens is 236 g/mol. The average Bonchev–Trinajstić information content (AvgIpc) is 2.72. The van der Waals surface area contributed by atoms with Gasteiger partial charge in [0, 0.05) is 5.69 Å². The van der Waals surface area contributed by atoms with E-state index in [4.69, 9.17) is 0 Å². The van der Waals surface area contributed by atoms with Gasteiger partial charge in [-0.15, -0.1) is 11.3 Å². The van der Waals surface area contributed by atoms with Crippen molar-refractivity contribution in [3.05, 3.63) is 39.9 Å². The van der Waals surface area contributed by atoms with E-state index in [1.54, 1.807) is 5.51 Å². The highest BCUT2D eigenvalue weighted by atomic mass is 32.1. The lowest BCUT2D eigenvalue weighted by atomic mass is 10.3. The van der Waals surface area contributed by atoms with Crippen LogP contribution in [0, 0.1) is 13.8 Å². The second-order valence-electron chi connectivity index (χ2n) is 3.60. The fraction of sp³-hybridized carbons (Fsp3) is 0.273. The van der Waals surface area contributed by atoms with Crippen LogP contribution in [0.5, 0.6) is 0 Å². The molecule has 0 saturated carbocycles. The van der Waals surface area contributed by atoms with Gasteiger partial charge in [0.15, 0.2) is 0 Å². The van der Waals surface area contributed by atoms with Crippen LogP contribution in [-0.4, -0.2) is 20.9 Å². The Morgan fingerprint density at radius 1 is 1.35 bits per heavy atom. The molecule has 1 amide bonds. The molecule has 0 aromatic carbocycles. The van der Waals surface area contributed by atoms with Crippen molar-refractivity contribution in [1.82, 2.24) is 20.3 Å². The molecule has 0 aliphatic carbocycles. The van der Waals surface area contributed by atoms with E-state index < -0.39 is 0 Å². The Kier molecular flexibility index (Phi) is 3.43. The summed E-state index contributed by atoms with van der Waals surface area (Å²) in [5, 5.41) is 2.81. The largest absolute Gasteiger partial charge is 0.346 e. The molecule has 17 heavy (non-hydrogen) atoms.